The minimum Gasteiger partial charge on any atom is -0.449 e. The maximum Gasteiger partial charge on any atom is 0.410 e. The number of carbonyl (C=O) groups excluding carboxylic acids is 1. The minimum absolute atomic E-state index is 0.178. The van der Waals surface area contributed by atoms with E-state index in [1.165, 1.54) is 5.57 Å². The van der Waals surface area contributed by atoms with Gasteiger partial charge in [0.15, 0.2) is 0 Å². The van der Waals surface area contributed by atoms with Gasteiger partial charge in [-0.15, -0.1) is 0 Å². The van der Waals surface area contributed by atoms with Crippen molar-refractivity contribution in [3.8, 4) is 0 Å². The number of ether oxygens (including phenoxy) is 1. The highest BCUT2D eigenvalue weighted by Crippen LogP contribution is 2.10. The van der Waals surface area contributed by atoms with E-state index in [1.54, 1.807) is 4.90 Å². The second-order valence-corrected chi connectivity index (χ2v) is 4.22. The Kier molecular flexibility index (Phi) is 3.98. The van der Waals surface area contributed by atoms with Crippen LogP contribution in [-0.4, -0.2) is 30.7 Å². The summed E-state index contributed by atoms with van der Waals surface area (Å²) >= 11 is 0. The number of amides is 1. The second-order valence-electron chi connectivity index (χ2n) is 4.22. The quantitative estimate of drug-likeness (QED) is 0.636. The monoisotopic (exact) mass is 197 g/mol. The van der Waals surface area contributed by atoms with E-state index in [9.17, 15) is 4.79 Å². The van der Waals surface area contributed by atoms with Crippen LogP contribution in [0.4, 0.5) is 4.79 Å². The Hall–Kier alpha value is -0.990. The van der Waals surface area contributed by atoms with Crippen molar-refractivity contribution in [2.24, 2.45) is 5.92 Å². The summed E-state index contributed by atoms with van der Waals surface area (Å²) in [7, 11) is 0. The molecule has 3 heteroatoms. The molecule has 1 rings (SSSR count). The molecule has 0 fully saturated rings. The summed E-state index contributed by atoms with van der Waals surface area (Å²) in [6.45, 7) is 8.16. The minimum atomic E-state index is -0.178. The molecular weight excluding hydrogens is 178 g/mol. The van der Waals surface area contributed by atoms with Gasteiger partial charge in [-0.05, 0) is 19.3 Å². The van der Waals surface area contributed by atoms with Crippen LogP contribution in [0.3, 0.4) is 0 Å². The zero-order chi connectivity index (χ0) is 10.6. The Balaban J connectivity index is 2.32. The van der Waals surface area contributed by atoms with Gasteiger partial charge >= 0.3 is 6.09 Å². The lowest BCUT2D eigenvalue weighted by Crippen LogP contribution is -2.35. The van der Waals surface area contributed by atoms with E-state index in [4.69, 9.17) is 4.74 Å². The van der Waals surface area contributed by atoms with Gasteiger partial charge in [-0.3, -0.25) is 0 Å². The van der Waals surface area contributed by atoms with Gasteiger partial charge in [0, 0.05) is 13.1 Å². The Morgan fingerprint density at radius 1 is 1.64 bits per heavy atom. The predicted octanol–water partition coefficient (Wildman–Crippen LogP) is 2.43. The fourth-order valence-electron chi connectivity index (χ4n) is 1.27. The molecule has 0 unspecified atom stereocenters. The molecule has 0 atom stereocenters. The highest BCUT2D eigenvalue weighted by atomic mass is 16.6. The molecule has 80 valence electrons. The van der Waals surface area contributed by atoms with E-state index in [-0.39, 0.29) is 6.09 Å². The van der Waals surface area contributed by atoms with Crippen LogP contribution >= 0.6 is 0 Å². The zero-order valence-corrected chi connectivity index (χ0v) is 9.25. The molecule has 0 saturated heterocycles. The molecule has 14 heavy (non-hydrogen) atoms. The number of hydrogen-bond acceptors (Lipinski definition) is 2. The van der Waals surface area contributed by atoms with Gasteiger partial charge in [0.25, 0.3) is 0 Å². The van der Waals surface area contributed by atoms with Crippen molar-refractivity contribution in [2.75, 3.05) is 19.7 Å². The molecule has 0 N–H and O–H groups in total. The third kappa shape index (κ3) is 3.40. The van der Waals surface area contributed by atoms with Crippen molar-refractivity contribution in [1.82, 2.24) is 4.90 Å². The standard InChI is InChI=1S/C11H19NO2/c1-9(2)8-14-11(13)12-6-4-10(3)5-7-12/h4,9H,5-8H2,1-3H3. The maximum atomic E-state index is 11.5. The van der Waals surface area contributed by atoms with Crippen molar-refractivity contribution in [1.29, 1.82) is 0 Å². The van der Waals surface area contributed by atoms with Crippen LogP contribution in [0.1, 0.15) is 27.2 Å². The first-order valence-electron chi connectivity index (χ1n) is 5.17. The lowest BCUT2D eigenvalue weighted by molar-refractivity contribution is 0.0946. The highest BCUT2D eigenvalue weighted by molar-refractivity contribution is 5.68. The van der Waals surface area contributed by atoms with Gasteiger partial charge in [-0.25, -0.2) is 4.79 Å². The summed E-state index contributed by atoms with van der Waals surface area (Å²) in [4.78, 5) is 13.2. The number of hydrogen-bond donors (Lipinski definition) is 0. The summed E-state index contributed by atoms with van der Waals surface area (Å²) in [5, 5.41) is 0. The molecule has 0 saturated carbocycles. The summed E-state index contributed by atoms with van der Waals surface area (Å²) in [5.41, 5.74) is 1.36. The average Bonchev–Trinajstić information content (AvgIpc) is 2.15. The number of rotatable bonds is 2. The van der Waals surface area contributed by atoms with Crippen molar-refractivity contribution in [2.45, 2.75) is 27.2 Å². The van der Waals surface area contributed by atoms with Crippen LogP contribution < -0.4 is 0 Å². The van der Waals surface area contributed by atoms with Gasteiger partial charge in [0.1, 0.15) is 0 Å². The van der Waals surface area contributed by atoms with Gasteiger partial charge < -0.3 is 9.64 Å². The molecule has 0 bridgehead atoms. The Bertz CT molecular complexity index is 233. The van der Waals surface area contributed by atoms with E-state index in [0.29, 0.717) is 19.1 Å². The van der Waals surface area contributed by atoms with Gasteiger partial charge in [-0.2, -0.15) is 0 Å². The van der Waals surface area contributed by atoms with E-state index >= 15 is 0 Å². The largest absolute Gasteiger partial charge is 0.449 e. The van der Waals surface area contributed by atoms with Gasteiger partial charge in [-0.1, -0.05) is 25.5 Å². The Labute approximate surface area is 85.7 Å². The Morgan fingerprint density at radius 3 is 2.86 bits per heavy atom. The van der Waals surface area contributed by atoms with Crippen molar-refractivity contribution >= 4 is 6.09 Å². The van der Waals surface area contributed by atoms with Gasteiger partial charge in [0.2, 0.25) is 0 Å². The first-order valence-corrected chi connectivity index (χ1v) is 5.17. The first-order chi connectivity index (χ1) is 6.59. The van der Waals surface area contributed by atoms with Crippen molar-refractivity contribution in [3.05, 3.63) is 11.6 Å². The van der Waals surface area contributed by atoms with E-state index in [2.05, 4.69) is 13.0 Å². The van der Waals surface area contributed by atoms with Crippen LogP contribution in [0.15, 0.2) is 11.6 Å². The summed E-state index contributed by atoms with van der Waals surface area (Å²) in [6, 6.07) is 0. The Morgan fingerprint density at radius 2 is 2.36 bits per heavy atom. The third-order valence-corrected chi connectivity index (χ3v) is 2.23. The second kappa shape index (κ2) is 5.03. The highest BCUT2D eigenvalue weighted by Gasteiger charge is 2.16. The van der Waals surface area contributed by atoms with Crippen molar-refractivity contribution in [3.63, 3.8) is 0 Å². The van der Waals surface area contributed by atoms with Crippen LogP contribution in [0.2, 0.25) is 0 Å². The molecule has 3 nitrogen and oxygen atoms in total. The van der Waals surface area contributed by atoms with E-state index in [1.807, 2.05) is 13.8 Å². The molecule has 1 heterocycles. The molecule has 0 aromatic heterocycles. The van der Waals surface area contributed by atoms with Crippen LogP contribution in [-0.2, 0) is 4.74 Å². The lowest BCUT2D eigenvalue weighted by Gasteiger charge is -2.25. The molecule has 0 aromatic carbocycles. The fraction of sp³-hybridized carbons (Fsp3) is 0.727. The molecule has 0 radical (unpaired) electrons. The summed E-state index contributed by atoms with van der Waals surface area (Å²) in [5.74, 6) is 0.404. The van der Waals surface area contributed by atoms with Crippen LogP contribution in [0.25, 0.3) is 0 Å². The first kappa shape index (κ1) is 11.1. The molecule has 0 aliphatic carbocycles. The topological polar surface area (TPSA) is 29.5 Å². The summed E-state index contributed by atoms with van der Waals surface area (Å²) in [6.07, 6.45) is 2.87. The average molecular weight is 197 g/mol. The lowest BCUT2D eigenvalue weighted by atomic mass is 10.1. The van der Waals surface area contributed by atoms with E-state index in [0.717, 1.165) is 13.0 Å². The SMILES string of the molecule is CC1=CCN(C(=O)OCC(C)C)CC1. The summed E-state index contributed by atoms with van der Waals surface area (Å²) < 4.78 is 5.14. The number of carbonyl (C=O) groups is 1. The normalized spacial score (nSPS) is 16.9. The molecule has 1 aliphatic heterocycles. The predicted molar refractivity (Wildman–Crippen MR) is 56.1 cm³/mol. The fourth-order valence-corrected chi connectivity index (χ4v) is 1.27. The molecule has 1 aliphatic rings. The smallest absolute Gasteiger partial charge is 0.410 e. The van der Waals surface area contributed by atoms with Crippen molar-refractivity contribution < 1.29 is 9.53 Å². The molecule has 0 aromatic rings. The van der Waals surface area contributed by atoms with Crippen LogP contribution in [0, 0.1) is 5.92 Å². The molecule has 0 spiro atoms. The van der Waals surface area contributed by atoms with Crippen LogP contribution in [0.5, 0.6) is 0 Å². The number of nitrogens with zero attached hydrogens (tertiary/aromatic N) is 1. The van der Waals surface area contributed by atoms with E-state index < -0.39 is 0 Å². The molecule has 1 amide bonds. The van der Waals surface area contributed by atoms with Gasteiger partial charge in [0.05, 0.1) is 6.61 Å². The third-order valence-electron chi connectivity index (χ3n) is 2.23. The maximum absolute atomic E-state index is 11.5. The molecular formula is C11H19NO2. The zero-order valence-electron chi connectivity index (χ0n) is 9.25.